The second-order valence-corrected chi connectivity index (χ2v) is 5.09. The van der Waals surface area contributed by atoms with E-state index in [0.717, 1.165) is 17.0 Å². The van der Waals surface area contributed by atoms with Gasteiger partial charge in [0.25, 0.3) is 5.91 Å². The Bertz CT molecular complexity index is 570. The van der Waals surface area contributed by atoms with Gasteiger partial charge in [0, 0.05) is 17.3 Å². The maximum Gasteiger partial charge on any atom is 0.251 e. The van der Waals surface area contributed by atoms with E-state index in [1.54, 1.807) is 6.26 Å². The van der Waals surface area contributed by atoms with Gasteiger partial charge in [-0.2, -0.15) is 0 Å². The van der Waals surface area contributed by atoms with Gasteiger partial charge >= 0.3 is 0 Å². The Morgan fingerprint density at radius 1 is 1.20 bits per heavy atom. The summed E-state index contributed by atoms with van der Waals surface area (Å²) in [4.78, 5) is 11.8. The van der Waals surface area contributed by atoms with E-state index in [4.69, 9.17) is 4.42 Å². The lowest BCUT2D eigenvalue weighted by atomic mass is 10.2. The van der Waals surface area contributed by atoms with E-state index < -0.39 is 0 Å². The van der Waals surface area contributed by atoms with Gasteiger partial charge in [-0.15, -0.1) is 0 Å². The van der Waals surface area contributed by atoms with Crippen molar-refractivity contribution in [2.45, 2.75) is 33.4 Å². The van der Waals surface area contributed by atoms with E-state index in [1.807, 2.05) is 51.1 Å². The summed E-state index contributed by atoms with van der Waals surface area (Å²) in [7, 11) is 0. The fraction of sp³-hybridized carbons (Fsp3) is 0.312. The smallest absolute Gasteiger partial charge is 0.251 e. The zero-order valence-corrected chi connectivity index (χ0v) is 12.1. The molecule has 1 aromatic heterocycles. The molecule has 0 fully saturated rings. The van der Waals surface area contributed by atoms with Gasteiger partial charge < -0.3 is 15.1 Å². The Hall–Kier alpha value is -2.23. The number of hydrogen-bond acceptors (Lipinski definition) is 3. The second kappa shape index (κ2) is 6.28. The molecule has 2 rings (SSSR count). The molecular weight excluding hydrogens is 252 g/mol. The van der Waals surface area contributed by atoms with Gasteiger partial charge in [-0.05, 0) is 56.7 Å². The van der Waals surface area contributed by atoms with Crippen molar-refractivity contribution in [3.8, 4) is 0 Å². The number of amides is 1. The van der Waals surface area contributed by atoms with Crippen LogP contribution in [-0.4, -0.2) is 11.9 Å². The van der Waals surface area contributed by atoms with Crippen LogP contribution in [-0.2, 0) is 6.54 Å². The number of carbonyl (C=O) groups excluding carboxylic acids is 1. The summed E-state index contributed by atoms with van der Waals surface area (Å²) < 4.78 is 5.37. The summed E-state index contributed by atoms with van der Waals surface area (Å²) in [6.45, 7) is 6.54. The van der Waals surface area contributed by atoms with Crippen molar-refractivity contribution in [3.63, 3.8) is 0 Å². The van der Waals surface area contributed by atoms with Crippen LogP contribution in [0.25, 0.3) is 0 Å². The van der Waals surface area contributed by atoms with Crippen LogP contribution >= 0.6 is 0 Å². The molecule has 20 heavy (non-hydrogen) atoms. The molecule has 1 heterocycles. The quantitative estimate of drug-likeness (QED) is 0.877. The molecule has 1 amide bonds. The Morgan fingerprint density at radius 3 is 2.45 bits per heavy atom. The number of hydrogen-bond donors (Lipinski definition) is 2. The molecule has 4 heteroatoms. The Kier molecular flexibility index (Phi) is 4.45. The fourth-order valence-electron chi connectivity index (χ4n) is 1.85. The van der Waals surface area contributed by atoms with E-state index in [-0.39, 0.29) is 11.9 Å². The summed E-state index contributed by atoms with van der Waals surface area (Å²) in [5.74, 6) is 0.875. The normalized spacial score (nSPS) is 10.6. The van der Waals surface area contributed by atoms with Crippen LogP contribution in [0.15, 0.2) is 41.0 Å². The average Bonchev–Trinajstić information content (AvgIpc) is 2.82. The molecule has 0 radical (unpaired) electrons. The Labute approximate surface area is 119 Å². The molecule has 0 bridgehead atoms. The van der Waals surface area contributed by atoms with Gasteiger partial charge in [-0.25, -0.2) is 0 Å². The first-order chi connectivity index (χ1) is 9.56. The van der Waals surface area contributed by atoms with Crippen molar-refractivity contribution in [3.05, 3.63) is 53.5 Å². The van der Waals surface area contributed by atoms with Crippen LogP contribution < -0.4 is 10.6 Å². The molecule has 0 spiro atoms. The van der Waals surface area contributed by atoms with E-state index in [2.05, 4.69) is 10.6 Å². The van der Waals surface area contributed by atoms with Crippen molar-refractivity contribution in [1.82, 2.24) is 5.32 Å². The molecule has 0 saturated carbocycles. The highest BCUT2D eigenvalue weighted by atomic mass is 16.3. The molecule has 0 aliphatic carbocycles. The molecule has 0 aliphatic heterocycles. The lowest BCUT2D eigenvalue weighted by molar-refractivity contribution is 0.0943. The first-order valence-corrected chi connectivity index (χ1v) is 6.74. The third kappa shape index (κ3) is 3.63. The van der Waals surface area contributed by atoms with Gasteiger partial charge in [-0.1, -0.05) is 0 Å². The molecular formula is C16H20N2O2. The van der Waals surface area contributed by atoms with Crippen molar-refractivity contribution in [2.24, 2.45) is 0 Å². The van der Waals surface area contributed by atoms with E-state index >= 15 is 0 Å². The minimum absolute atomic E-state index is 0.0478. The van der Waals surface area contributed by atoms with Gasteiger partial charge in [0.1, 0.15) is 5.76 Å². The standard InChI is InChI=1S/C16H20N2O2/c1-11(2)18-16(19)13-4-6-14(7-5-13)17-10-15-12(3)8-9-20-15/h4-9,11,17H,10H2,1-3H3,(H,18,19). The SMILES string of the molecule is Cc1ccoc1CNc1ccc(C(=O)NC(C)C)cc1. The zero-order chi connectivity index (χ0) is 14.5. The summed E-state index contributed by atoms with van der Waals surface area (Å²) in [5, 5.41) is 6.14. The zero-order valence-electron chi connectivity index (χ0n) is 12.1. The van der Waals surface area contributed by atoms with Gasteiger partial charge in [0.05, 0.1) is 12.8 Å². The van der Waals surface area contributed by atoms with E-state index in [0.29, 0.717) is 12.1 Å². The molecule has 0 aliphatic rings. The number of nitrogens with one attached hydrogen (secondary N) is 2. The second-order valence-electron chi connectivity index (χ2n) is 5.09. The fourth-order valence-corrected chi connectivity index (χ4v) is 1.85. The van der Waals surface area contributed by atoms with Crippen LogP contribution in [0.1, 0.15) is 35.5 Å². The predicted octanol–water partition coefficient (Wildman–Crippen LogP) is 3.34. The molecule has 0 atom stereocenters. The number of furan rings is 1. The number of carbonyl (C=O) groups is 1. The molecule has 1 aromatic carbocycles. The first kappa shape index (κ1) is 14.2. The van der Waals surface area contributed by atoms with Gasteiger partial charge in [0.2, 0.25) is 0 Å². The Morgan fingerprint density at radius 2 is 1.90 bits per heavy atom. The van der Waals surface area contributed by atoms with Crippen molar-refractivity contribution < 1.29 is 9.21 Å². The highest BCUT2D eigenvalue weighted by Crippen LogP contribution is 2.14. The third-order valence-corrected chi connectivity index (χ3v) is 2.99. The van der Waals surface area contributed by atoms with Gasteiger partial charge in [0.15, 0.2) is 0 Å². The van der Waals surface area contributed by atoms with E-state index in [1.165, 1.54) is 0 Å². The van der Waals surface area contributed by atoms with Crippen molar-refractivity contribution >= 4 is 11.6 Å². The first-order valence-electron chi connectivity index (χ1n) is 6.74. The van der Waals surface area contributed by atoms with Crippen molar-refractivity contribution in [2.75, 3.05) is 5.32 Å². The predicted molar refractivity (Wildman–Crippen MR) is 79.8 cm³/mol. The van der Waals surface area contributed by atoms with E-state index in [9.17, 15) is 4.79 Å². The summed E-state index contributed by atoms with van der Waals surface area (Å²) in [6.07, 6.45) is 1.69. The molecule has 4 nitrogen and oxygen atoms in total. The van der Waals surface area contributed by atoms with Crippen LogP contribution in [0.3, 0.4) is 0 Å². The summed E-state index contributed by atoms with van der Waals surface area (Å²) in [5.41, 5.74) is 2.76. The third-order valence-electron chi connectivity index (χ3n) is 2.99. The highest BCUT2D eigenvalue weighted by Gasteiger charge is 2.06. The van der Waals surface area contributed by atoms with Crippen LogP contribution in [0.5, 0.6) is 0 Å². The average molecular weight is 272 g/mol. The number of anilines is 1. The summed E-state index contributed by atoms with van der Waals surface area (Å²) >= 11 is 0. The molecule has 2 aromatic rings. The largest absolute Gasteiger partial charge is 0.467 e. The lowest BCUT2D eigenvalue weighted by Gasteiger charge is -2.09. The van der Waals surface area contributed by atoms with Crippen molar-refractivity contribution in [1.29, 1.82) is 0 Å². The van der Waals surface area contributed by atoms with Crippen LogP contribution in [0, 0.1) is 6.92 Å². The Balaban J connectivity index is 1.95. The minimum Gasteiger partial charge on any atom is -0.467 e. The molecule has 0 saturated heterocycles. The molecule has 0 unspecified atom stereocenters. The number of aryl methyl sites for hydroxylation is 1. The minimum atomic E-state index is -0.0478. The topological polar surface area (TPSA) is 54.3 Å². The lowest BCUT2D eigenvalue weighted by Crippen LogP contribution is -2.29. The van der Waals surface area contributed by atoms with Gasteiger partial charge in [-0.3, -0.25) is 4.79 Å². The molecule has 106 valence electrons. The monoisotopic (exact) mass is 272 g/mol. The highest BCUT2D eigenvalue weighted by molar-refractivity contribution is 5.94. The summed E-state index contributed by atoms with van der Waals surface area (Å²) in [6, 6.07) is 9.50. The number of benzene rings is 1. The maximum absolute atomic E-state index is 11.8. The maximum atomic E-state index is 11.8. The van der Waals surface area contributed by atoms with Crippen LogP contribution in [0.4, 0.5) is 5.69 Å². The molecule has 2 N–H and O–H groups in total. The number of rotatable bonds is 5. The van der Waals surface area contributed by atoms with Crippen LogP contribution in [0.2, 0.25) is 0 Å².